The van der Waals surface area contributed by atoms with Gasteiger partial charge in [0.1, 0.15) is 0 Å². The fraction of sp³-hybridized carbons (Fsp3) is 0.333. The van der Waals surface area contributed by atoms with E-state index in [1.54, 1.807) is 12.1 Å². The van der Waals surface area contributed by atoms with Crippen molar-refractivity contribution in [2.45, 2.75) is 26.4 Å². The second kappa shape index (κ2) is 5.17. The van der Waals surface area contributed by atoms with E-state index in [0.29, 0.717) is 5.82 Å². The van der Waals surface area contributed by atoms with Crippen molar-refractivity contribution in [3.05, 3.63) is 41.0 Å². The Labute approximate surface area is 117 Å². The lowest BCUT2D eigenvalue weighted by molar-refractivity contribution is 0.386. The minimum atomic E-state index is -0.380. The monoisotopic (exact) mass is 273 g/mol. The second-order valence-electron chi connectivity index (χ2n) is 4.73. The minimum absolute atomic E-state index is 0.211. The number of benzene rings is 1. The Morgan fingerprint density at radius 3 is 2.90 bits per heavy atom. The molecule has 2 heterocycles. The highest BCUT2D eigenvalue weighted by Crippen LogP contribution is 2.26. The molecule has 0 atom stereocenters. The normalized spacial score (nSPS) is 13.3. The zero-order chi connectivity index (χ0) is 14.1. The van der Waals surface area contributed by atoms with Gasteiger partial charge < -0.3 is 10.1 Å². The van der Waals surface area contributed by atoms with Crippen molar-refractivity contribution in [2.75, 3.05) is 7.11 Å². The summed E-state index contributed by atoms with van der Waals surface area (Å²) < 4.78 is 18.5. The number of halogens is 1. The van der Waals surface area contributed by atoms with Crippen LogP contribution >= 0.6 is 0 Å². The average molecular weight is 273 g/mol. The Bertz CT molecular complexity index is 658. The molecule has 1 aliphatic heterocycles. The Morgan fingerprint density at radius 1 is 1.30 bits per heavy atom. The molecule has 0 spiro atoms. The predicted octanol–water partition coefficient (Wildman–Crippen LogP) is 2.46. The summed E-state index contributed by atoms with van der Waals surface area (Å²) in [6.45, 7) is 3.66. The highest BCUT2D eigenvalue weighted by Gasteiger charge is 2.19. The molecule has 0 bridgehead atoms. The lowest BCUT2D eigenvalue weighted by Crippen LogP contribution is -2.03. The molecule has 104 valence electrons. The molecular formula is C15H16FN3O. The smallest absolute Gasteiger partial charge is 0.165 e. The van der Waals surface area contributed by atoms with E-state index in [-0.39, 0.29) is 11.6 Å². The summed E-state index contributed by atoms with van der Waals surface area (Å²) in [5.41, 5.74) is 4.06. The van der Waals surface area contributed by atoms with Gasteiger partial charge in [-0.2, -0.15) is 0 Å². The zero-order valence-electron chi connectivity index (χ0n) is 11.5. The van der Waals surface area contributed by atoms with E-state index >= 15 is 0 Å². The number of hydrogen-bond donors (Lipinski definition) is 1. The van der Waals surface area contributed by atoms with Crippen molar-refractivity contribution < 1.29 is 9.13 Å². The molecule has 20 heavy (non-hydrogen) atoms. The molecule has 3 rings (SSSR count). The van der Waals surface area contributed by atoms with Gasteiger partial charge in [0.25, 0.3) is 0 Å². The van der Waals surface area contributed by atoms with Gasteiger partial charge in [0, 0.05) is 29.9 Å². The number of aromatic nitrogens is 2. The number of ether oxygens (including phenoxy) is 1. The van der Waals surface area contributed by atoms with Crippen LogP contribution < -0.4 is 10.1 Å². The van der Waals surface area contributed by atoms with Crippen molar-refractivity contribution in [1.29, 1.82) is 0 Å². The van der Waals surface area contributed by atoms with Gasteiger partial charge in [0.05, 0.1) is 12.8 Å². The average Bonchev–Trinajstić information content (AvgIpc) is 2.95. The fourth-order valence-corrected chi connectivity index (χ4v) is 2.46. The van der Waals surface area contributed by atoms with Gasteiger partial charge in [0.15, 0.2) is 17.4 Å². The highest BCUT2D eigenvalue weighted by molar-refractivity contribution is 5.59. The molecule has 0 unspecified atom stereocenters. The summed E-state index contributed by atoms with van der Waals surface area (Å²) in [4.78, 5) is 9.19. The largest absolute Gasteiger partial charge is 0.494 e. The number of hydrogen-bond acceptors (Lipinski definition) is 4. The number of rotatable bonds is 3. The van der Waals surface area contributed by atoms with Crippen molar-refractivity contribution in [1.82, 2.24) is 15.3 Å². The van der Waals surface area contributed by atoms with Crippen LogP contribution in [0.25, 0.3) is 11.4 Å². The first-order valence-corrected chi connectivity index (χ1v) is 6.66. The third kappa shape index (κ3) is 2.14. The van der Waals surface area contributed by atoms with E-state index in [4.69, 9.17) is 4.74 Å². The lowest BCUT2D eigenvalue weighted by Gasteiger charge is -2.09. The van der Waals surface area contributed by atoms with Crippen molar-refractivity contribution >= 4 is 0 Å². The molecule has 0 aliphatic carbocycles. The molecule has 5 heteroatoms. The van der Waals surface area contributed by atoms with Gasteiger partial charge in [0.2, 0.25) is 0 Å². The molecular weight excluding hydrogens is 257 g/mol. The molecule has 1 aromatic carbocycles. The summed E-state index contributed by atoms with van der Waals surface area (Å²) >= 11 is 0. The molecule has 2 aromatic rings. The van der Waals surface area contributed by atoms with Gasteiger partial charge in [-0.3, -0.25) is 0 Å². The quantitative estimate of drug-likeness (QED) is 0.933. The van der Waals surface area contributed by atoms with E-state index < -0.39 is 0 Å². The van der Waals surface area contributed by atoms with Crippen molar-refractivity contribution in [3.63, 3.8) is 0 Å². The third-order valence-electron chi connectivity index (χ3n) is 3.52. The first-order chi connectivity index (χ1) is 9.72. The Hall–Kier alpha value is -2.01. The standard InChI is InChI=1S/C15H16FN3O/c1-3-12-10-7-17-8-13(10)19-15(18-12)9-4-5-11(16)14(6-9)20-2/h4-6,17H,3,7-8H2,1-2H3. The van der Waals surface area contributed by atoms with Crippen LogP contribution in [0.3, 0.4) is 0 Å². The Morgan fingerprint density at radius 2 is 2.15 bits per heavy atom. The van der Waals surface area contributed by atoms with Crippen LogP contribution in [0.4, 0.5) is 4.39 Å². The van der Waals surface area contributed by atoms with Crippen LogP contribution in [-0.2, 0) is 19.5 Å². The van der Waals surface area contributed by atoms with Crippen LogP contribution in [-0.4, -0.2) is 17.1 Å². The van der Waals surface area contributed by atoms with Crippen LogP contribution in [0.1, 0.15) is 23.9 Å². The topological polar surface area (TPSA) is 47.0 Å². The SMILES string of the molecule is CCc1nc(-c2ccc(F)c(OC)c2)nc2c1CNC2. The zero-order valence-corrected chi connectivity index (χ0v) is 11.5. The van der Waals surface area contributed by atoms with Gasteiger partial charge in [-0.05, 0) is 24.6 Å². The number of nitrogens with one attached hydrogen (secondary N) is 1. The molecule has 0 amide bonds. The van der Waals surface area contributed by atoms with E-state index in [2.05, 4.69) is 22.2 Å². The van der Waals surface area contributed by atoms with Gasteiger partial charge in [-0.15, -0.1) is 0 Å². The first kappa shape index (κ1) is 13.0. The number of aryl methyl sites for hydroxylation is 1. The molecule has 0 fully saturated rings. The molecule has 0 saturated heterocycles. The number of fused-ring (bicyclic) bond motifs is 1. The van der Waals surface area contributed by atoms with Crippen molar-refractivity contribution in [3.8, 4) is 17.1 Å². The molecule has 0 radical (unpaired) electrons. The number of methoxy groups -OCH3 is 1. The van der Waals surface area contributed by atoms with Gasteiger partial charge in [-0.25, -0.2) is 14.4 Å². The maximum Gasteiger partial charge on any atom is 0.165 e. The molecule has 1 aliphatic rings. The predicted molar refractivity (Wildman–Crippen MR) is 73.9 cm³/mol. The van der Waals surface area contributed by atoms with Crippen LogP contribution in [0.5, 0.6) is 5.75 Å². The Balaban J connectivity index is 2.10. The van der Waals surface area contributed by atoms with Gasteiger partial charge in [-0.1, -0.05) is 6.92 Å². The van der Waals surface area contributed by atoms with E-state index in [9.17, 15) is 4.39 Å². The summed E-state index contributed by atoms with van der Waals surface area (Å²) in [5, 5.41) is 3.29. The van der Waals surface area contributed by atoms with E-state index in [0.717, 1.165) is 36.5 Å². The molecule has 1 N–H and O–H groups in total. The Kier molecular flexibility index (Phi) is 3.36. The van der Waals surface area contributed by atoms with Crippen molar-refractivity contribution in [2.24, 2.45) is 0 Å². The summed E-state index contributed by atoms with van der Waals surface area (Å²) in [5.74, 6) is 0.458. The van der Waals surface area contributed by atoms with Crippen LogP contribution in [0.15, 0.2) is 18.2 Å². The molecule has 1 aromatic heterocycles. The lowest BCUT2D eigenvalue weighted by atomic mass is 10.1. The molecule has 0 saturated carbocycles. The van der Waals surface area contributed by atoms with E-state index in [1.807, 2.05) is 0 Å². The summed E-state index contributed by atoms with van der Waals surface area (Å²) in [7, 11) is 1.45. The summed E-state index contributed by atoms with van der Waals surface area (Å²) in [6.07, 6.45) is 0.859. The van der Waals surface area contributed by atoms with Gasteiger partial charge >= 0.3 is 0 Å². The third-order valence-corrected chi connectivity index (χ3v) is 3.52. The molecule has 4 nitrogen and oxygen atoms in total. The minimum Gasteiger partial charge on any atom is -0.494 e. The highest BCUT2D eigenvalue weighted by atomic mass is 19.1. The maximum absolute atomic E-state index is 13.5. The van der Waals surface area contributed by atoms with Crippen LogP contribution in [0.2, 0.25) is 0 Å². The summed E-state index contributed by atoms with van der Waals surface area (Å²) in [6, 6.07) is 4.70. The second-order valence-corrected chi connectivity index (χ2v) is 4.73. The maximum atomic E-state index is 13.5. The first-order valence-electron chi connectivity index (χ1n) is 6.66. The fourth-order valence-electron chi connectivity index (χ4n) is 2.46. The van der Waals surface area contributed by atoms with E-state index in [1.165, 1.54) is 18.7 Å². The van der Waals surface area contributed by atoms with Crippen LogP contribution in [0, 0.1) is 5.82 Å². The number of nitrogens with zero attached hydrogens (tertiary/aromatic N) is 2.